The lowest BCUT2D eigenvalue weighted by molar-refractivity contribution is -0.158. The number of rotatable bonds is 5. The van der Waals surface area contributed by atoms with Crippen molar-refractivity contribution < 1.29 is 23.0 Å². The molecule has 6 heteroatoms. The molecule has 0 aliphatic carbocycles. The second-order valence-corrected chi connectivity index (χ2v) is 4.41. The molecule has 1 atom stereocenters. The van der Waals surface area contributed by atoms with Crippen LogP contribution < -0.4 is 5.32 Å². The summed E-state index contributed by atoms with van der Waals surface area (Å²) in [5.74, 6) is -4.80. The number of halogens is 2. The molecule has 104 valence electrons. The molecule has 0 saturated carbocycles. The van der Waals surface area contributed by atoms with E-state index in [0.29, 0.717) is 6.61 Å². The van der Waals surface area contributed by atoms with Gasteiger partial charge in [0.15, 0.2) is 0 Å². The number of para-hydroxylation sites is 1. The van der Waals surface area contributed by atoms with E-state index in [-0.39, 0.29) is 6.54 Å². The van der Waals surface area contributed by atoms with Crippen molar-refractivity contribution in [2.45, 2.75) is 25.1 Å². The highest BCUT2D eigenvalue weighted by Gasteiger charge is 2.50. The fourth-order valence-electron chi connectivity index (χ4n) is 1.96. The van der Waals surface area contributed by atoms with Crippen LogP contribution in [0.1, 0.15) is 12.0 Å². The third-order valence-corrected chi connectivity index (χ3v) is 2.89. The lowest BCUT2D eigenvalue weighted by Gasteiger charge is -2.14. The Hall–Kier alpha value is -1.69. The molecule has 0 bridgehead atoms. The van der Waals surface area contributed by atoms with Gasteiger partial charge in [-0.05, 0) is 6.07 Å². The van der Waals surface area contributed by atoms with Gasteiger partial charge in [0.2, 0.25) is 0 Å². The highest BCUT2D eigenvalue weighted by atomic mass is 19.3. The van der Waals surface area contributed by atoms with Gasteiger partial charge in [-0.3, -0.25) is 0 Å². The summed E-state index contributed by atoms with van der Waals surface area (Å²) in [5.41, 5.74) is 1.71. The molecule has 19 heavy (non-hydrogen) atoms. The van der Waals surface area contributed by atoms with E-state index in [1.807, 2.05) is 24.3 Å². The summed E-state index contributed by atoms with van der Waals surface area (Å²) in [6.45, 7) is 0.575. The number of anilines is 1. The van der Waals surface area contributed by atoms with Gasteiger partial charge in [-0.25, -0.2) is 4.79 Å². The third-order valence-electron chi connectivity index (χ3n) is 2.89. The number of cyclic esters (lactones) is 1. The summed E-state index contributed by atoms with van der Waals surface area (Å²) in [5, 5.41) is 3.01. The van der Waals surface area contributed by atoms with Crippen LogP contribution in [-0.2, 0) is 20.9 Å². The molecular weight excluding hydrogens is 256 g/mol. The number of nitrogens with one attached hydrogen (secondary N) is 1. The predicted octanol–water partition coefficient (Wildman–Crippen LogP) is 2.20. The minimum Gasteiger partial charge on any atom is -0.456 e. The first kappa shape index (κ1) is 13.7. The molecule has 0 radical (unpaired) electrons. The molecule has 1 fully saturated rings. The van der Waals surface area contributed by atoms with Gasteiger partial charge in [0.05, 0.1) is 19.6 Å². The number of methoxy groups -OCH3 is 1. The molecule has 1 aromatic rings. The average Bonchev–Trinajstić information content (AvgIpc) is 2.62. The van der Waals surface area contributed by atoms with Crippen LogP contribution in [-0.4, -0.2) is 31.7 Å². The van der Waals surface area contributed by atoms with Crippen LogP contribution in [0, 0.1) is 0 Å². The maximum absolute atomic E-state index is 13.0. The minimum absolute atomic E-state index is 0.155. The Balaban J connectivity index is 1.95. The van der Waals surface area contributed by atoms with Crippen LogP contribution in [0.3, 0.4) is 0 Å². The van der Waals surface area contributed by atoms with Gasteiger partial charge in [-0.2, -0.15) is 8.78 Å². The topological polar surface area (TPSA) is 47.6 Å². The maximum Gasteiger partial charge on any atom is 0.377 e. The van der Waals surface area contributed by atoms with Crippen molar-refractivity contribution in [2.75, 3.05) is 19.0 Å². The van der Waals surface area contributed by atoms with Crippen molar-refractivity contribution in [1.82, 2.24) is 0 Å². The van der Waals surface area contributed by atoms with Gasteiger partial charge >= 0.3 is 11.9 Å². The first-order chi connectivity index (χ1) is 9.03. The number of ether oxygens (including phenoxy) is 2. The third kappa shape index (κ3) is 3.20. The first-order valence-corrected chi connectivity index (χ1v) is 5.92. The molecule has 1 heterocycles. The van der Waals surface area contributed by atoms with Crippen LogP contribution >= 0.6 is 0 Å². The number of carbonyl (C=O) groups excluding carboxylic acids is 1. The summed E-state index contributed by atoms with van der Waals surface area (Å²) >= 11 is 0. The van der Waals surface area contributed by atoms with Gasteiger partial charge in [-0.1, -0.05) is 18.2 Å². The molecule has 1 aliphatic rings. The van der Waals surface area contributed by atoms with E-state index >= 15 is 0 Å². The Morgan fingerprint density at radius 3 is 2.84 bits per heavy atom. The SMILES string of the molecule is COCc1ccccc1NCC1CC(F)(F)C(=O)O1. The van der Waals surface area contributed by atoms with E-state index in [1.54, 1.807) is 7.11 Å². The van der Waals surface area contributed by atoms with Crippen molar-refractivity contribution >= 4 is 11.7 Å². The molecule has 0 spiro atoms. The summed E-state index contributed by atoms with van der Waals surface area (Å²) in [4.78, 5) is 10.9. The summed E-state index contributed by atoms with van der Waals surface area (Å²) < 4.78 is 35.6. The van der Waals surface area contributed by atoms with Crippen LogP contribution in [0.4, 0.5) is 14.5 Å². The molecule has 4 nitrogen and oxygen atoms in total. The van der Waals surface area contributed by atoms with Crippen molar-refractivity contribution in [3.8, 4) is 0 Å². The van der Waals surface area contributed by atoms with Gasteiger partial charge in [0.1, 0.15) is 6.10 Å². The highest BCUT2D eigenvalue weighted by molar-refractivity contribution is 5.79. The number of carbonyl (C=O) groups is 1. The van der Waals surface area contributed by atoms with Crippen LogP contribution in [0.5, 0.6) is 0 Å². The van der Waals surface area contributed by atoms with Gasteiger partial charge in [-0.15, -0.1) is 0 Å². The van der Waals surface area contributed by atoms with Crippen LogP contribution in [0.2, 0.25) is 0 Å². The Morgan fingerprint density at radius 1 is 1.47 bits per heavy atom. The highest BCUT2D eigenvalue weighted by Crippen LogP contribution is 2.31. The van der Waals surface area contributed by atoms with E-state index in [2.05, 4.69) is 10.1 Å². The normalized spacial score (nSPS) is 21.2. The minimum atomic E-state index is -3.36. The summed E-state index contributed by atoms with van der Waals surface area (Å²) in [7, 11) is 1.58. The fraction of sp³-hybridized carbons (Fsp3) is 0.462. The van der Waals surface area contributed by atoms with Gasteiger partial charge in [0.25, 0.3) is 0 Å². The second-order valence-electron chi connectivity index (χ2n) is 4.41. The van der Waals surface area contributed by atoms with E-state index < -0.39 is 24.4 Å². The van der Waals surface area contributed by atoms with E-state index in [9.17, 15) is 13.6 Å². The quantitative estimate of drug-likeness (QED) is 0.834. The van der Waals surface area contributed by atoms with Crippen LogP contribution in [0.15, 0.2) is 24.3 Å². The summed E-state index contributed by atoms with van der Waals surface area (Å²) in [6, 6.07) is 7.39. The molecular formula is C13H15F2NO3. The first-order valence-electron chi connectivity index (χ1n) is 5.92. The smallest absolute Gasteiger partial charge is 0.377 e. The summed E-state index contributed by atoms with van der Waals surface area (Å²) in [6.07, 6.45) is -1.39. The Morgan fingerprint density at radius 2 is 2.21 bits per heavy atom. The zero-order chi connectivity index (χ0) is 13.9. The number of esters is 1. The van der Waals surface area contributed by atoms with Gasteiger partial charge in [0, 0.05) is 18.4 Å². The maximum atomic E-state index is 13.0. The Bertz CT molecular complexity index is 465. The van der Waals surface area contributed by atoms with E-state index in [1.165, 1.54) is 0 Å². The van der Waals surface area contributed by atoms with Crippen LogP contribution in [0.25, 0.3) is 0 Å². The number of hydrogen-bond acceptors (Lipinski definition) is 4. The number of benzene rings is 1. The lowest BCUT2D eigenvalue weighted by atomic mass is 10.1. The zero-order valence-electron chi connectivity index (χ0n) is 10.5. The number of hydrogen-bond donors (Lipinski definition) is 1. The van der Waals surface area contributed by atoms with Crippen molar-refractivity contribution in [3.05, 3.63) is 29.8 Å². The molecule has 1 unspecified atom stereocenters. The standard InChI is InChI=1S/C13H15F2NO3/c1-18-8-9-4-2-3-5-11(9)16-7-10-6-13(14,15)12(17)19-10/h2-5,10,16H,6-8H2,1H3. The Labute approximate surface area is 109 Å². The zero-order valence-corrected chi connectivity index (χ0v) is 10.5. The second kappa shape index (κ2) is 5.52. The predicted molar refractivity (Wildman–Crippen MR) is 65.1 cm³/mol. The van der Waals surface area contributed by atoms with Crippen molar-refractivity contribution in [1.29, 1.82) is 0 Å². The molecule has 1 saturated heterocycles. The number of alkyl halides is 2. The molecule has 1 aromatic carbocycles. The average molecular weight is 271 g/mol. The van der Waals surface area contributed by atoms with E-state index in [0.717, 1.165) is 11.3 Å². The van der Waals surface area contributed by atoms with E-state index in [4.69, 9.17) is 4.74 Å². The molecule has 2 rings (SSSR count). The van der Waals surface area contributed by atoms with Crippen molar-refractivity contribution in [2.24, 2.45) is 0 Å². The van der Waals surface area contributed by atoms with Gasteiger partial charge < -0.3 is 14.8 Å². The molecule has 0 aromatic heterocycles. The largest absolute Gasteiger partial charge is 0.456 e. The fourth-order valence-corrected chi connectivity index (χ4v) is 1.96. The Kier molecular flexibility index (Phi) is 3.99. The molecule has 1 N–H and O–H groups in total. The molecule has 0 amide bonds. The monoisotopic (exact) mass is 271 g/mol. The molecule has 1 aliphatic heterocycles. The van der Waals surface area contributed by atoms with Crippen molar-refractivity contribution in [3.63, 3.8) is 0 Å². The lowest BCUT2D eigenvalue weighted by Crippen LogP contribution is -2.22.